The quantitative estimate of drug-likeness (QED) is 0.777. The van der Waals surface area contributed by atoms with Crippen molar-refractivity contribution in [2.45, 2.75) is 57.6 Å². The molecular formula is C17H26BrNO. The van der Waals surface area contributed by atoms with E-state index in [2.05, 4.69) is 28.2 Å². The molecular weight excluding hydrogens is 314 g/mol. The molecule has 1 aliphatic rings. The number of halogens is 1. The molecule has 0 saturated heterocycles. The zero-order chi connectivity index (χ0) is 14.4. The average Bonchev–Trinajstić information content (AvgIpc) is 2.73. The second-order valence-corrected chi connectivity index (χ2v) is 6.94. The monoisotopic (exact) mass is 339 g/mol. The normalized spacial score (nSPS) is 20.4. The van der Waals surface area contributed by atoms with Gasteiger partial charge in [0.15, 0.2) is 0 Å². The fourth-order valence-electron chi connectivity index (χ4n) is 3.11. The third-order valence-electron chi connectivity index (χ3n) is 4.47. The van der Waals surface area contributed by atoms with Gasteiger partial charge in [0.2, 0.25) is 0 Å². The summed E-state index contributed by atoms with van der Waals surface area (Å²) in [5, 5.41) is 13.8. The third kappa shape index (κ3) is 4.87. The molecule has 1 aromatic carbocycles. The standard InChI is InChI=1S/C17H26BrNO/c1-13(14-7-4-2-3-5-8-14)19-12-17(20)15-9-6-10-16(18)11-15/h6,9-11,13-14,17,19-20H,2-5,7-8,12H2,1H3/t13-,17?/m1/s1. The van der Waals surface area contributed by atoms with Crippen LogP contribution in [-0.4, -0.2) is 17.7 Å². The maximum Gasteiger partial charge on any atom is 0.0914 e. The lowest BCUT2D eigenvalue weighted by molar-refractivity contribution is 0.164. The molecule has 1 saturated carbocycles. The van der Waals surface area contributed by atoms with E-state index in [1.165, 1.54) is 38.5 Å². The minimum Gasteiger partial charge on any atom is -0.387 e. The van der Waals surface area contributed by atoms with Gasteiger partial charge in [0.05, 0.1) is 6.10 Å². The van der Waals surface area contributed by atoms with Crippen molar-refractivity contribution >= 4 is 15.9 Å². The number of benzene rings is 1. The van der Waals surface area contributed by atoms with Crippen molar-refractivity contribution in [2.24, 2.45) is 5.92 Å². The summed E-state index contributed by atoms with van der Waals surface area (Å²) in [5.74, 6) is 0.771. The van der Waals surface area contributed by atoms with Crippen LogP contribution in [0.4, 0.5) is 0 Å². The molecule has 20 heavy (non-hydrogen) atoms. The van der Waals surface area contributed by atoms with E-state index in [9.17, 15) is 5.11 Å². The van der Waals surface area contributed by atoms with Crippen LogP contribution < -0.4 is 5.32 Å². The Morgan fingerprint density at radius 1 is 1.25 bits per heavy atom. The van der Waals surface area contributed by atoms with Gasteiger partial charge >= 0.3 is 0 Å². The number of nitrogens with one attached hydrogen (secondary N) is 1. The van der Waals surface area contributed by atoms with Crippen LogP contribution in [0.25, 0.3) is 0 Å². The van der Waals surface area contributed by atoms with Crippen molar-refractivity contribution < 1.29 is 5.11 Å². The number of hydrogen-bond donors (Lipinski definition) is 2. The zero-order valence-corrected chi connectivity index (χ0v) is 13.9. The number of aliphatic hydroxyl groups excluding tert-OH is 1. The Hall–Kier alpha value is -0.380. The van der Waals surface area contributed by atoms with E-state index < -0.39 is 6.10 Å². The van der Waals surface area contributed by atoms with E-state index in [0.29, 0.717) is 12.6 Å². The highest BCUT2D eigenvalue weighted by atomic mass is 79.9. The first-order valence-electron chi connectivity index (χ1n) is 7.83. The molecule has 0 bridgehead atoms. The van der Waals surface area contributed by atoms with Crippen LogP contribution in [0.5, 0.6) is 0 Å². The van der Waals surface area contributed by atoms with Gasteiger partial charge in [-0.2, -0.15) is 0 Å². The zero-order valence-electron chi connectivity index (χ0n) is 12.3. The van der Waals surface area contributed by atoms with Gasteiger partial charge in [-0.3, -0.25) is 0 Å². The molecule has 0 radical (unpaired) electrons. The smallest absolute Gasteiger partial charge is 0.0914 e. The highest BCUT2D eigenvalue weighted by molar-refractivity contribution is 9.10. The van der Waals surface area contributed by atoms with Crippen LogP contribution in [0.2, 0.25) is 0 Å². The fourth-order valence-corrected chi connectivity index (χ4v) is 3.52. The lowest BCUT2D eigenvalue weighted by Crippen LogP contribution is -2.36. The van der Waals surface area contributed by atoms with E-state index in [1.54, 1.807) is 0 Å². The molecule has 0 spiro atoms. The molecule has 1 fully saturated rings. The van der Waals surface area contributed by atoms with Crippen molar-refractivity contribution in [2.75, 3.05) is 6.54 Å². The van der Waals surface area contributed by atoms with E-state index >= 15 is 0 Å². The Kier molecular flexibility index (Phi) is 6.53. The highest BCUT2D eigenvalue weighted by Crippen LogP contribution is 2.26. The summed E-state index contributed by atoms with van der Waals surface area (Å²) in [5.41, 5.74) is 0.972. The minimum absolute atomic E-state index is 0.430. The number of rotatable bonds is 5. The molecule has 1 aromatic rings. The van der Waals surface area contributed by atoms with E-state index in [0.717, 1.165) is 16.0 Å². The molecule has 0 aliphatic heterocycles. The SMILES string of the molecule is C[C@@H](NCC(O)c1cccc(Br)c1)C1CCCCCC1. The Bertz CT molecular complexity index is 402. The number of aliphatic hydroxyl groups is 1. The Labute approximate surface area is 131 Å². The van der Waals surface area contributed by atoms with Gasteiger partial charge in [-0.15, -0.1) is 0 Å². The molecule has 0 heterocycles. The van der Waals surface area contributed by atoms with Gasteiger partial charge < -0.3 is 10.4 Å². The van der Waals surface area contributed by atoms with Crippen molar-refractivity contribution in [3.8, 4) is 0 Å². The average molecular weight is 340 g/mol. The van der Waals surface area contributed by atoms with Gasteiger partial charge in [0.1, 0.15) is 0 Å². The maximum atomic E-state index is 10.3. The first-order valence-corrected chi connectivity index (χ1v) is 8.63. The van der Waals surface area contributed by atoms with Crippen LogP contribution in [0.1, 0.15) is 57.1 Å². The predicted octanol–water partition coefficient (Wildman–Crippen LogP) is 4.43. The summed E-state index contributed by atoms with van der Waals surface area (Å²) in [6.45, 7) is 2.90. The summed E-state index contributed by atoms with van der Waals surface area (Å²) in [6.07, 6.45) is 7.76. The van der Waals surface area contributed by atoms with Gasteiger partial charge in [0, 0.05) is 17.1 Å². The van der Waals surface area contributed by atoms with Crippen molar-refractivity contribution in [3.63, 3.8) is 0 Å². The van der Waals surface area contributed by atoms with Crippen LogP contribution in [0, 0.1) is 5.92 Å². The number of hydrogen-bond acceptors (Lipinski definition) is 2. The summed E-state index contributed by atoms with van der Waals surface area (Å²) in [6, 6.07) is 8.42. The molecule has 2 atom stereocenters. The molecule has 2 rings (SSSR count). The summed E-state index contributed by atoms with van der Waals surface area (Å²) >= 11 is 3.45. The van der Waals surface area contributed by atoms with Crippen molar-refractivity contribution in [1.29, 1.82) is 0 Å². The maximum absolute atomic E-state index is 10.3. The second-order valence-electron chi connectivity index (χ2n) is 6.02. The molecule has 3 heteroatoms. The molecule has 0 aromatic heterocycles. The van der Waals surface area contributed by atoms with Crippen molar-refractivity contribution in [3.05, 3.63) is 34.3 Å². The van der Waals surface area contributed by atoms with Gasteiger partial charge in [-0.25, -0.2) is 0 Å². The summed E-state index contributed by atoms with van der Waals surface area (Å²) in [4.78, 5) is 0. The molecule has 1 unspecified atom stereocenters. The van der Waals surface area contributed by atoms with Gasteiger partial charge in [-0.1, -0.05) is 53.7 Å². The van der Waals surface area contributed by atoms with Crippen LogP contribution in [-0.2, 0) is 0 Å². The fraction of sp³-hybridized carbons (Fsp3) is 0.647. The molecule has 1 aliphatic carbocycles. The van der Waals surface area contributed by atoms with Crippen LogP contribution >= 0.6 is 15.9 Å². The molecule has 112 valence electrons. The lowest BCUT2D eigenvalue weighted by Gasteiger charge is -2.25. The largest absolute Gasteiger partial charge is 0.387 e. The Morgan fingerprint density at radius 3 is 2.60 bits per heavy atom. The highest BCUT2D eigenvalue weighted by Gasteiger charge is 2.19. The van der Waals surface area contributed by atoms with E-state index in [-0.39, 0.29) is 0 Å². The van der Waals surface area contributed by atoms with Gasteiger partial charge in [-0.05, 0) is 43.4 Å². The lowest BCUT2D eigenvalue weighted by atomic mass is 9.93. The molecule has 2 nitrogen and oxygen atoms in total. The Morgan fingerprint density at radius 2 is 1.95 bits per heavy atom. The Balaban J connectivity index is 1.81. The van der Waals surface area contributed by atoms with Crippen LogP contribution in [0.15, 0.2) is 28.7 Å². The first-order chi connectivity index (χ1) is 9.66. The predicted molar refractivity (Wildman–Crippen MR) is 87.8 cm³/mol. The van der Waals surface area contributed by atoms with Gasteiger partial charge in [0.25, 0.3) is 0 Å². The van der Waals surface area contributed by atoms with E-state index in [4.69, 9.17) is 0 Å². The summed E-state index contributed by atoms with van der Waals surface area (Å²) in [7, 11) is 0. The molecule has 2 N–H and O–H groups in total. The topological polar surface area (TPSA) is 32.3 Å². The second kappa shape index (κ2) is 8.16. The first kappa shape index (κ1) is 16.0. The molecule has 0 amide bonds. The minimum atomic E-state index is -0.430. The van der Waals surface area contributed by atoms with E-state index in [1.807, 2.05) is 24.3 Å². The summed E-state index contributed by atoms with van der Waals surface area (Å²) < 4.78 is 1.02. The van der Waals surface area contributed by atoms with Crippen molar-refractivity contribution in [1.82, 2.24) is 5.32 Å². The third-order valence-corrected chi connectivity index (χ3v) is 4.97. The van der Waals surface area contributed by atoms with Crippen LogP contribution in [0.3, 0.4) is 0 Å².